The topological polar surface area (TPSA) is 97.6 Å². The Balaban J connectivity index is 1.26. The van der Waals surface area contributed by atoms with E-state index in [0.29, 0.717) is 24.4 Å². The minimum Gasteiger partial charge on any atom is -0.468 e. The SMILES string of the molecule is C=C=C(OC(C)(C)C)N1CCC(N(Cc2ccc(Nc3ncc4cnn(C5CCCCC5)c4n3)cc2)C(=O)OC(C)(C)C)CC1. The second-order valence-electron chi connectivity index (χ2n) is 14.2. The van der Waals surface area contributed by atoms with Crippen LogP contribution in [-0.4, -0.2) is 66.0 Å². The van der Waals surface area contributed by atoms with Crippen LogP contribution in [0.4, 0.5) is 16.4 Å². The molecule has 2 aromatic heterocycles. The lowest BCUT2D eigenvalue weighted by molar-refractivity contribution is -0.0168. The van der Waals surface area contributed by atoms with E-state index in [1.54, 1.807) is 0 Å². The molecule has 0 spiro atoms. The number of benzene rings is 1. The van der Waals surface area contributed by atoms with Crippen LogP contribution in [0.25, 0.3) is 11.0 Å². The number of rotatable bonds is 8. The highest BCUT2D eigenvalue weighted by Gasteiger charge is 2.33. The van der Waals surface area contributed by atoms with Crippen LogP contribution in [0, 0.1) is 0 Å². The Hall–Kier alpha value is -4.04. The largest absolute Gasteiger partial charge is 0.468 e. The number of likely N-dealkylation sites (tertiary alicyclic amines) is 1. The minimum absolute atomic E-state index is 0.0312. The first-order chi connectivity index (χ1) is 21.4. The number of carbonyl (C=O) groups excluding carboxylic acids is 1. The van der Waals surface area contributed by atoms with Crippen molar-refractivity contribution < 1.29 is 14.3 Å². The van der Waals surface area contributed by atoms with Crippen molar-refractivity contribution in [3.63, 3.8) is 0 Å². The summed E-state index contributed by atoms with van der Waals surface area (Å²) < 4.78 is 14.0. The average Bonchev–Trinajstić information content (AvgIpc) is 3.42. The molecule has 10 nitrogen and oxygen atoms in total. The number of nitrogens with one attached hydrogen (secondary N) is 1. The van der Waals surface area contributed by atoms with Gasteiger partial charge in [0.2, 0.25) is 11.8 Å². The third-order valence-corrected chi connectivity index (χ3v) is 8.19. The number of carbonyl (C=O) groups is 1. The highest BCUT2D eigenvalue weighted by Crippen LogP contribution is 2.30. The zero-order chi connectivity index (χ0) is 32.2. The lowest BCUT2D eigenvalue weighted by Crippen LogP contribution is -2.48. The molecule has 45 heavy (non-hydrogen) atoms. The number of amides is 1. The van der Waals surface area contributed by atoms with Crippen molar-refractivity contribution in [1.82, 2.24) is 29.5 Å². The van der Waals surface area contributed by atoms with Crippen molar-refractivity contribution in [2.24, 2.45) is 0 Å². The summed E-state index contributed by atoms with van der Waals surface area (Å²) in [5.41, 5.74) is 4.80. The summed E-state index contributed by atoms with van der Waals surface area (Å²) >= 11 is 0. The summed E-state index contributed by atoms with van der Waals surface area (Å²) in [5, 5.41) is 8.94. The van der Waals surface area contributed by atoms with Crippen LogP contribution in [0.5, 0.6) is 0 Å². The standard InChI is InChI=1S/C35H49N7O3/c1-8-30(44-34(2,3)4)40-20-18-28(19-21-40)41(33(43)45-35(5,6)7)24-25-14-16-27(17-15-25)38-32-36-22-26-23-37-42(31(26)39-32)29-12-10-9-11-13-29/h14-17,22-23,28-29H,1,9-13,18-21,24H2,2-7H3,(H,36,38,39). The molecule has 1 N–H and O–H groups in total. The number of anilines is 2. The molecule has 3 heterocycles. The van der Waals surface area contributed by atoms with E-state index in [1.165, 1.54) is 19.3 Å². The van der Waals surface area contributed by atoms with Gasteiger partial charge in [0.25, 0.3) is 0 Å². The molecule has 0 unspecified atom stereocenters. The summed E-state index contributed by atoms with van der Waals surface area (Å²) in [6, 6.07) is 8.51. The van der Waals surface area contributed by atoms with Gasteiger partial charge in [0.1, 0.15) is 11.2 Å². The zero-order valence-corrected chi connectivity index (χ0v) is 27.8. The second kappa shape index (κ2) is 13.5. The molecule has 242 valence electrons. The van der Waals surface area contributed by atoms with E-state index in [-0.39, 0.29) is 17.7 Å². The van der Waals surface area contributed by atoms with Crippen LogP contribution in [-0.2, 0) is 16.0 Å². The lowest BCUT2D eigenvalue weighted by atomic mass is 9.96. The van der Waals surface area contributed by atoms with E-state index >= 15 is 0 Å². The molecular weight excluding hydrogens is 566 g/mol. The van der Waals surface area contributed by atoms with Gasteiger partial charge in [-0.3, -0.25) is 0 Å². The maximum atomic E-state index is 13.5. The van der Waals surface area contributed by atoms with Crippen LogP contribution in [0.2, 0.25) is 0 Å². The van der Waals surface area contributed by atoms with E-state index in [2.05, 4.69) is 37.3 Å². The van der Waals surface area contributed by atoms with Gasteiger partial charge in [-0.05, 0) is 84.9 Å². The molecule has 0 radical (unpaired) electrons. The molecule has 1 aromatic carbocycles. The van der Waals surface area contributed by atoms with Crippen LogP contribution < -0.4 is 5.32 Å². The number of hydrogen-bond donors (Lipinski definition) is 1. The van der Waals surface area contributed by atoms with Gasteiger partial charge in [0.05, 0.1) is 17.6 Å². The van der Waals surface area contributed by atoms with E-state index in [0.717, 1.165) is 61.1 Å². The first-order valence-electron chi connectivity index (χ1n) is 16.3. The van der Waals surface area contributed by atoms with Crippen LogP contribution in [0.3, 0.4) is 0 Å². The molecular formula is C35H49N7O3. The van der Waals surface area contributed by atoms with Gasteiger partial charge in [-0.1, -0.05) is 43.7 Å². The third-order valence-electron chi connectivity index (χ3n) is 8.19. The fourth-order valence-corrected chi connectivity index (χ4v) is 6.05. The minimum atomic E-state index is -0.587. The molecule has 1 aliphatic carbocycles. The predicted molar refractivity (Wildman–Crippen MR) is 177 cm³/mol. The van der Waals surface area contributed by atoms with Crippen molar-refractivity contribution >= 4 is 28.8 Å². The normalized spacial score (nSPS) is 16.7. The Morgan fingerprint density at radius 3 is 2.27 bits per heavy atom. The first-order valence-corrected chi connectivity index (χ1v) is 16.3. The van der Waals surface area contributed by atoms with Crippen molar-refractivity contribution in [2.45, 2.75) is 116 Å². The van der Waals surface area contributed by atoms with Crippen LogP contribution in [0.1, 0.15) is 98.1 Å². The van der Waals surface area contributed by atoms with Crippen molar-refractivity contribution in [1.29, 1.82) is 0 Å². The van der Waals surface area contributed by atoms with E-state index in [4.69, 9.17) is 14.5 Å². The van der Waals surface area contributed by atoms with Gasteiger partial charge in [-0.25, -0.2) is 14.5 Å². The number of nitrogens with zero attached hydrogens (tertiary/aromatic N) is 6. The molecule has 10 heteroatoms. The monoisotopic (exact) mass is 615 g/mol. The number of fused-ring (bicyclic) bond motifs is 1. The van der Waals surface area contributed by atoms with Crippen LogP contribution >= 0.6 is 0 Å². The molecule has 5 rings (SSSR count). The first kappa shape index (κ1) is 32.4. The maximum Gasteiger partial charge on any atom is 0.410 e. The highest BCUT2D eigenvalue weighted by atomic mass is 16.6. The number of hydrogen-bond acceptors (Lipinski definition) is 8. The van der Waals surface area contributed by atoms with Crippen molar-refractivity contribution in [3.8, 4) is 0 Å². The van der Waals surface area contributed by atoms with E-state index < -0.39 is 5.60 Å². The summed E-state index contributed by atoms with van der Waals surface area (Å²) in [6.07, 6.45) is 11.0. The van der Waals surface area contributed by atoms with E-state index in [9.17, 15) is 4.79 Å². The molecule has 2 aliphatic rings. The molecule has 0 atom stereocenters. The fraction of sp³-hybridized carbons (Fsp3) is 0.571. The Morgan fingerprint density at radius 2 is 1.64 bits per heavy atom. The molecule has 0 bridgehead atoms. The Morgan fingerprint density at radius 1 is 0.978 bits per heavy atom. The van der Waals surface area contributed by atoms with Crippen molar-refractivity contribution in [3.05, 3.63) is 60.4 Å². The summed E-state index contributed by atoms with van der Waals surface area (Å²) in [6.45, 7) is 17.5. The van der Waals surface area contributed by atoms with Gasteiger partial charge in [0.15, 0.2) is 5.65 Å². The van der Waals surface area contributed by atoms with Gasteiger partial charge in [0, 0.05) is 37.6 Å². The summed E-state index contributed by atoms with van der Waals surface area (Å²) in [4.78, 5) is 26.8. The zero-order valence-electron chi connectivity index (χ0n) is 27.8. The highest BCUT2D eigenvalue weighted by molar-refractivity contribution is 5.75. The van der Waals surface area contributed by atoms with Gasteiger partial charge in [-0.15, -0.1) is 0 Å². The van der Waals surface area contributed by atoms with Crippen LogP contribution in [0.15, 0.2) is 54.9 Å². The fourth-order valence-electron chi connectivity index (χ4n) is 6.05. The molecule has 1 saturated carbocycles. The third kappa shape index (κ3) is 8.57. The number of piperidine rings is 1. The predicted octanol–water partition coefficient (Wildman–Crippen LogP) is 7.72. The Kier molecular flexibility index (Phi) is 9.73. The quantitative estimate of drug-likeness (QED) is 0.203. The second-order valence-corrected chi connectivity index (χ2v) is 14.2. The number of ether oxygens (including phenoxy) is 2. The van der Waals surface area contributed by atoms with Gasteiger partial charge >= 0.3 is 6.09 Å². The number of aromatic nitrogens is 4. The molecule has 2 fully saturated rings. The summed E-state index contributed by atoms with van der Waals surface area (Å²) in [7, 11) is 0. The molecule has 3 aromatic rings. The van der Waals surface area contributed by atoms with Gasteiger partial charge < -0.3 is 24.6 Å². The van der Waals surface area contributed by atoms with Gasteiger partial charge in [-0.2, -0.15) is 10.1 Å². The lowest BCUT2D eigenvalue weighted by Gasteiger charge is -2.40. The smallest absolute Gasteiger partial charge is 0.410 e. The summed E-state index contributed by atoms with van der Waals surface area (Å²) in [5.74, 6) is 1.20. The van der Waals surface area contributed by atoms with E-state index in [1.807, 2.05) is 83.1 Å². The average molecular weight is 616 g/mol. The Bertz CT molecular complexity index is 1500. The molecule has 1 saturated heterocycles. The maximum absolute atomic E-state index is 13.5. The Labute approximate surface area is 267 Å². The molecule has 1 aliphatic heterocycles. The molecule has 1 amide bonds. The van der Waals surface area contributed by atoms with Crippen molar-refractivity contribution in [2.75, 3.05) is 18.4 Å².